The van der Waals surface area contributed by atoms with E-state index in [2.05, 4.69) is 5.32 Å². The molecule has 1 saturated carbocycles. The Morgan fingerprint density at radius 1 is 0.816 bits per heavy atom. The van der Waals surface area contributed by atoms with E-state index in [4.69, 9.17) is 18.9 Å². The molecule has 2 amide bonds. The molecule has 2 fully saturated rings. The summed E-state index contributed by atoms with van der Waals surface area (Å²) < 4.78 is 65.0. The lowest BCUT2D eigenvalue weighted by atomic mass is 9.92. The van der Waals surface area contributed by atoms with Crippen LogP contribution in [0.15, 0.2) is 65.6 Å². The number of ether oxygens (including phenoxy) is 4. The predicted molar refractivity (Wildman–Crippen MR) is 176 cm³/mol. The molecule has 1 atom stereocenters. The van der Waals surface area contributed by atoms with Gasteiger partial charge < -0.3 is 29.2 Å². The molecule has 1 aliphatic carbocycles. The summed E-state index contributed by atoms with van der Waals surface area (Å²) in [5.74, 6) is 0.427. The Balaban J connectivity index is 1.15. The first kappa shape index (κ1) is 33.2. The van der Waals surface area contributed by atoms with E-state index in [1.165, 1.54) is 28.6 Å². The van der Waals surface area contributed by atoms with E-state index in [0.717, 1.165) is 37.7 Å². The van der Waals surface area contributed by atoms with Crippen molar-refractivity contribution < 1.29 is 41.3 Å². The fourth-order valence-corrected chi connectivity index (χ4v) is 8.57. The lowest BCUT2D eigenvalue weighted by molar-refractivity contribution is -0.146. The maximum absolute atomic E-state index is 14.6. The molecule has 7 rings (SSSR count). The fourth-order valence-electron chi connectivity index (χ4n) is 7.09. The molecule has 0 spiro atoms. The number of nitrogens with one attached hydrogen (secondary N) is 1. The molecule has 3 heterocycles. The normalized spacial score (nSPS) is 18.9. The van der Waals surface area contributed by atoms with Crippen LogP contribution in [0.4, 0.5) is 4.39 Å². The quantitative estimate of drug-likeness (QED) is 0.334. The summed E-state index contributed by atoms with van der Waals surface area (Å²) in [7, 11) is -3.87. The third-order valence-electron chi connectivity index (χ3n) is 9.72. The van der Waals surface area contributed by atoms with Crippen LogP contribution in [0.3, 0.4) is 0 Å². The topological polar surface area (TPSA) is 124 Å². The molecule has 260 valence electrons. The van der Waals surface area contributed by atoms with Gasteiger partial charge in [0.25, 0.3) is 0 Å². The zero-order valence-electron chi connectivity index (χ0n) is 27.1. The van der Waals surface area contributed by atoms with Crippen LogP contribution in [-0.2, 0) is 26.2 Å². The SMILES string of the molecule is O=C(NC1CCCCC1)[C@H](c1ccc(F)cc1)N(Cc1ccc2c(c1)OCO2)C(=O)C1CCN(S(=O)(=O)c2ccc3c(c2)OCCO3)CC1. The first-order chi connectivity index (χ1) is 23.8. The number of carbonyl (C=O) groups excluding carboxylic acids is 2. The highest BCUT2D eigenvalue weighted by Gasteiger charge is 2.39. The average molecular weight is 694 g/mol. The highest BCUT2D eigenvalue weighted by Crippen LogP contribution is 2.37. The number of hydrogen-bond donors (Lipinski definition) is 1. The standard InChI is InChI=1S/C36H40FN3O8S/c37-27-9-7-25(8-10-27)34(35(41)38-28-4-2-1-3-5-28)40(22-24-6-12-31-32(20-24)48-23-47-31)36(42)26-14-16-39(17-15-26)49(43,44)29-11-13-30-33(21-29)46-19-18-45-30/h6-13,20-21,26,28,34H,1-5,14-19,22-23H2,(H,38,41)/t34-/m0/s1. The van der Waals surface area contributed by atoms with E-state index in [-0.39, 0.29) is 62.0 Å². The largest absolute Gasteiger partial charge is 0.486 e. The zero-order valence-corrected chi connectivity index (χ0v) is 28.0. The van der Waals surface area contributed by atoms with Crippen LogP contribution in [0.2, 0.25) is 0 Å². The van der Waals surface area contributed by atoms with E-state index in [1.807, 2.05) is 6.07 Å². The average Bonchev–Trinajstić information content (AvgIpc) is 3.60. The maximum atomic E-state index is 14.6. The van der Waals surface area contributed by atoms with Crippen molar-refractivity contribution in [1.29, 1.82) is 0 Å². The van der Waals surface area contributed by atoms with Gasteiger partial charge in [-0.3, -0.25) is 9.59 Å². The summed E-state index contributed by atoms with van der Waals surface area (Å²) in [6.07, 6.45) is 5.38. The molecular formula is C36H40FN3O8S. The highest BCUT2D eigenvalue weighted by molar-refractivity contribution is 7.89. The van der Waals surface area contributed by atoms with Crippen LogP contribution in [0, 0.1) is 11.7 Å². The predicted octanol–water partition coefficient (Wildman–Crippen LogP) is 4.95. The molecule has 3 aromatic carbocycles. The summed E-state index contributed by atoms with van der Waals surface area (Å²) in [6, 6.07) is 14.6. The molecule has 0 radical (unpaired) electrons. The second kappa shape index (κ2) is 14.2. The first-order valence-corrected chi connectivity index (χ1v) is 18.3. The lowest BCUT2D eigenvalue weighted by Crippen LogP contribution is -2.50. The van der Waals surface area contributed by atoms with Gasteiger partial charge in [0.05, 0.1) is 4.90 Å². The summed E-state index contributed by atoms with van der Waals surface area (Å²) >= 11 is 0. The van der Waals surface area contributed by atoms with Gasteiger partial charge in [0.15, 0.2) is 23.0 Å². The van der Waals surface area contributed by atoms with Crippen molar-refractivity contribution in [1.82, 2.24) is 14.5 Å². The molecule has 3 aliphatic heterocycles. The second-order valence-electron chi connectivity index (χ2n) is 12.9. The van der Waals surface area contributed by atoms with Gasteiger partial charge in [0.1, 0.15) is 25.1 Å². The van der Waals surface area contributed by atoms with Crippen LogP contribution < -0.4 is 24.3 Å². The number of carbonyl (C=O) groups is 2. The number of amides is 2. The minimum atomic E-state index is -3.87. The molecule has 0 aromatic heterocycles. The minimum absolute atomic E-state index is 0.0132. The summed E-state index contributed by atoms with van der Waals surface area (Å²) in [6.45, 7) is 1.16. The van der Waals surface area contributed by atoms with Crippen LogP contribution in [0.5, 0.6) is 23.0 Å². The molecule has 1 N–H and O–H groups in total. The van der Waals surface area contributed by atoms with E-state index >= 15 is 0 Å². The van der Waals surface area contributed by atoms with Gasteiger partial charge in [-0.1, -0.05) is 37.5 Å². The summed E-state index contributed by atoms with van der Waals surface area (Å²) in [4.78, 5) is 30.5. The molecule has 0 unspecified atom stereocenters. The second-order valence-corrected chi connectivity index (χ2v) is 14.9. The lowest BCUT2D eigenvalue weighted by Gasteiger charge is -2.38. The van der Waals surface area contributed by atoms with E-state index in [1.54, 1.807) is 35.2 Å². The molecule has 0 bridgehead atoms. The van der Waals surface area contributed by atoms with Crippen LogP contribution in [-0.4, -0.2) is 68.6 Å². The third kappa shape index (κ3) is 7.18. The molecule has 3 aromatic rings. The van der Waals surface area contributed by atoms with Crippen molar-refractivity contribution in [3.63, 3.8) is 0 Å². The van der Waals surface area contributed by atoms with Crippen molar-refractivity contribution in [3.8, 4) is 23.0 Å². The number of piperidine rings is 1. The van der Waals surface area contributed by atoms with Crippen molar-refractivity contribution in [3.05, 3.63) is 77.6 Å². The smallest absolute Gasteiger partial charge is 0.247 e. The third-order valence-corrected chi connectivity index (χ3v) is 11.6. The van der Waals surface area contributed by atoms with Gasteiger partial charge in [0.2, 0.25) is 28.6 Å². The number of nitrogens with zero attached hydrogens (tertiary/aromatic N) is 2. The Morgan fingerprint density at radius 2 is 1.47 bits per heavy atom. The van der Waals surface area contributed by atoms with Gasteiger partial charge in [-0.2, -0.15) is 4.31 Å². The van der Waals surface area contributed by atoms with Gasteiger partial charge in [0, 0.05) is 37.7 Å². The van der Waals surface area contributed by atoms with Gasteiger partial charge in [-0.15, -0.1) is 0 Å². The minimum Gasteiger partial charge on any atom is -0.486 e. The molecule has 4 aliphatic rings. The number of fused-ring (bicyclic) bond motifs is 2. The van der Waals surface area contributed by atoms with Crippen molar-refractivity contribution in [2.24, 2.45) is 5.92 Å². The number of sulfonamides is 1. The number of benzene rings is 3. The Bertz CT molecular complexity index is 1790. The molecule has 11 nitrogen and oxygen atoms in total. The molecule has 49 heavy (non-hydrogen) atoms. The monoisotopic (exact) mass is 693 g/mol. The van der Waals surface area contributed by atoms with Crippen LogP contribution in [0.1, 0.15) is 62.1 Å². The molecule has 1 saturated heterocycles. The highest BCUT2D eigenvalue weighted by atomic mass is 32.2. The van der Waals surface area contributed by atoms with Crippen LogP contribution >= 0.6 is 0 Å². The maximum Gasteiger partial charge on any atom is 0.247 e. The Morgan fingerprint density at radius 3 is 2.22 bits per heavy atom. The Hall–Kier alpha value is -4.36. The van der Waals surface area contributed by atoms with Crippen molar-refractivity contribution >= 4 is 21.8 Å². The van der Waals surface area contributed by atoms with E-state index < -0.39 is 27.8 Å². The van der Waals surface area contributed by atoms with E-state index in [9.17, 15) is 22.4 Å². The van der Waals surface area contributed by atoms with Crippen LogP contribution in [0.25, 0.3) is 0 Å². The Labute approximate surface area is 285 Å². The van der Waals surface area contributed by atoms with Crippen molar-refractivity contribution in [2.75, 3.05) is 33.1 Å². The first-order valence-electron chi connectivity index (χ1n) is 16.9. The number of rotatable bonds is 9. The van der Waals surface area contributed by atoms with Gasteiger partial charge in [-0.25, -0.2) is 12.8 Å². The summed E-state index contributed by atoms with van der Waals surface area (Å²) in [5, 5.41) is 3.19. The number of halogens is 1. The van der Waals surface area contributed by atoms with E-state index in [0.29, 0.717) is 41.8 Å². The summed E-state index contributed by atoms with van der Waals surface area (Å²) in [5.41, 5.74) is 1.22. The van der Waals surface area contributed by atoms with Crippen molar-refractivity contribution in [2.45, 2.75) is 68.5 Å². The number of hydrogen-bond acceptors (Lipinski definition) is 8. The molecule has 13 heteroatoms. The van der Waals surface area contributed by atoms with Gasteiger partial charge in [-0.05, 0) is 73.2 Å². The zero-order chi connectivity index (χ0) is 34.0. The molecular weight excluding hydrogens is 653 g/mol. The van der Waals surface area contributed by atoms with Gasteiger partial charge >= 0.3 is 0 Å². The Kier molecular flexibility index (Phi) is 9.64. The fraction of sp³-hybridized carbons (Fsp3) is 0.444.